The van der Waals surface area contributed by atoms with Gasteiger partial charge in [0.2, 0.25) is 5.91 Å². The second-order valence-electron chi connectivity index (χ2n) is 6.70. The summed E-state index contributed by atoms with van der Waals surface area (Å²) in [5.41, 5.74) is 2.34. The summed E-state index contributed by atoms with van der Waals surface area (Å²) in [6, 6.07) is 24.5. The highest BCUT2D eigenvalue weighted by molar-refractivity contribution is 6.03. The quantitative estimate of drug-likeness (QED) is 0.491. The molecule has 0 bridgehead atoms. The number of rotatable bonds is 6. The summed E-state index contributed by atoms with van der Waals surface area (Å²) in [6.07, 6.45) is 1.75. The standard InChI is InChI=1S/C24H21N3O3/c1-2-30-24(29)21-22(27-16-10-9-15-19(27)25-21)26-23(28)20(17-11-5-3-6-12-17)18-13-7-4-8-14-18/h3-16,20H,2H2,1H3,(H,26,28). The van der Waals surface area contributed by atoms with E-state index in [2.05, 4.69) is 10.3 Å². The van der Waals surface area contributed by atoms with Crippen molar-refractivity contribution >= 4 is 23.3 Å². The van der Waals surface area contributed by atoms with Crippen LogP contribution in [-0.2, 0) is 9.53 Å². The number of benzene rings is 2. The maximum absolute atomic E-state index is 13.5. The molecule has 0 saturated heterocycles. The van der Waals surface area contributed by atoms with Gasteiger partial charge in [-0.1, -0.05) is 66.7 Å². The molecule has 1 amide bonds. The minimum Gasteiger partial charge on any atom is -0.461 e. The number of carbonyl (C=O) groups is 2. The number of aromatic nitrogens is 2. The van der Waals surface area contributed by atoms with Gasteiger partial charge in [0.05, 0.1) is 12.5 Å². The summed E-state index contributed by atoms with van der Waals surface area (Å²) >= 11 is 0. The van der Waals surface area contributed by atoms with Crippen LogP contribution in [0.5, 0.6) is 0 Å². The zero-order valence-corrected chi connectivity index (χ0v) is 16.5. The van der Waals surface area contributed by atoms with Crippen molar-refractivity contribution in [3.8, 4) is 0 Å². The van der Waals surface area contributed by atoms with E-state index in [1.165, 1.54) is 0 Å². The maximum Gasteiger partial charge on any atom is 0.360 e. The van der Waals surface area contributed by atoms with E-state index in [9.17, 15) is 9.59 Å². The Hall–Kier alpha value is -3.93. The Bertz CT molecular complexity index is 1130. The van der Waals surface area contributed by atoms with Crippen LogP contribution in [0.1, 0.15) is 34.5 Å². The van der Waals surface area contributed by atoms with E-state index in [-0.39, 0.29) is 18.2 Å². The van der Waals surface area contributed by atoms with Gasteiger partial charge >= 0.3 is 5.97 Å². The molecule has 0 unspecified atom stereocenters. The number of imidazole rings is 1. The highest BCUT2D eigenvalue weighted by Gasteiger charge is 2.27. The molecule has 4 aromatic rings. The minimum absolute atomic E-state index is 0.0799. The van der Waals surface area contributed by atoms with Crippen LogP contribution in [0.3, 0.4) is 0 Å². The molecule has 0 fully saturated rings. The number of fused-ring (bicyclic) bond motifs is 1. The summed E-state index contributed by atoms with van der Waals surface area (Å²) in [4.78, 5) is 30.3. The van der Waals surface area contributed by atoms with E-state index in [0.29, 0.717) is 11.5 Å². The fraction of sp³-hybridized carbons (Fsp3) is 0.125. The zero-order chi connectivity index (χ0) is 20.9. The molecule has 30 heavy (non-hydrogen) atoms. The first-order valence-corrected chi connectivity index (χ1v) is 9.74. The SMILES string of the molecule is CCOC(=O)c1nc2ccccn2c1NC(=O)C(c1ccccc1)c1ccccc1. The van der Waals surface area contributed by atoms with Crippen LogP contribution in [0, 0.1) is 0 Å². The Morgan fingerprint density at radius 2 is 1.53 bits per heavy atom. The van der Waals surface area contributed by atoms with Crippen LogP contribution in [0.25, 0.3) is 5.65 Å². The molecule has 0 aliphatic carbocycles. The molecule has 0 atom stereocenters. The van der Waals surface area contributed by atoms with Crippen molar-refractivity contribution < 1.29 is 14.3 Å². The molecule has 2 aromatic heterocycles. The summed E-state index contributed by atoms with van der Waals surface area (Å²) < 4.78 is 6.82. The van der Waals surface area contributed by atoms with Gasteiger partial charge in [0.25, 0.3) is 0 Å². The smallest absolute Gasteiger partial charge is 0.360 e. The average molecular weight is 399 g/mol. The van der Waals surface area contributed by atoms with Crippen LogP contribution in [0.15, 0.2) is 85.1 Å². The number of nitrogens with one attached hydrogen (secondary N) is 1. The lowest BCUT2D eigenvalue weighted by molar-refractivity contribution is -0.116. The lowest BCUT2D eigenvalue weighted by Crippen LogP contribution is -2.24. The van der Waals surface area contributed by atoms with Gasteiger partial charge in [0.1, 0.15) is 5.65 Å². The van der Waals surface area contributed by atoms with Gasteiger partial charge in [-0.15, -0.1) is 0 Å². The van der Waals surface area contributed by atoms with Crippen molar-refractivity contribution in [2.45, 2.75) is 12.8 Å². The van der Waals surface area contributed by atoms with Gasteiger partial charge in [-0.05, 0) is 30.2 Å². The van der Waals surface area contributed by atoms with E-state index in [4.69, 9.17) is 4.74 Å². The Labute approximate surface area is 174 Å². The monoisotopic (exact) mass is 399 g/mol. The van der Waals surface area contributed by atoms with Crippen molar-refractivity contribution in [3.63, 3.8) is 0 Å². The second-order valence-corrected chi connectivity index (χ2v) is 6.70. The summed E-state index contributed by atoms with van der Waals surface area (Å²) in [5, 5.41) is 2.93. The molecule has 0 spiro atoms. The molecule has 0 aliphatic heterocycles. The fourth-order valence-corrected chi connectivity index (χ4v) is 3.43. The first-order valence-electron chi connectivity index (χ1n) is 9.74. The molecule has 0 radical (unpaired) electrons. The number of amides is 1. The van der Waals surface area contributed by atoms with Gasteiger partial charge in [-0.25, -0.2) is 9.78 Å². The minimum atomic E-state index is -0.576. The largest absolute Gasteiger partial charge is 0.461 e. The summed E-state index contributed by atoms with van der Waals surface area (Å²) in [5.74, 6) is -1.08. The van der Waals surface area contributed by atoms with E-state index < -0.39 is 11.9 Å². The van der Waals surface area contributed by atoms with Crippen LogP contribution < -0.4 is 5.32 Å². The zero-order valence-electron chi connectivity index (χ0n) is 16.5. The Balaban J connectivity index is 1.77. The predicted molar refractivity (Wildman–Crippen MR) is 115 cm³/mol. The number of esters is 1. The molecule has 0 aliphatic rings. The lowest BCUT2D eigenvalue weighted by Gasteiger charge is -2.18. The molecule has 6 nitrogen and oxygen atoms in total. The third-order valence-electron chi connectivity index (χ3n) is 4.77. The van der Waals surface area contributed by atoms with Crippen LogP contribution in [0.2, 0.25) is 0 Å². The number of carbonyl (C=O) groups excluding carboxylic acids is 2. The van der Waals surface area contributed by atoms with Crippen molar-refractivity contribution in [2.75, 3.05) is 11.9 Å². The van der Waals surface area contributed by atoms with Gasteiger partial charge in [-0.2, -0.15) is 0 Å². The number of ether oxygens (including phenoxy) is 1. The summed E-state index contributed by atoms with van der Waals surface area (Å²) in [7, 11) is 0. The van der Waals surface area contributed by atoms with Crippen LogP contribution in [0.4, 0.5) is 5.82 Å². The first kappa shape index (κ1) is 19.4. The van der Waals surface area contributed by atoms with Crippen molar-refractivity contribution in [3.05, 3.63) is 102 Å². The third kappa shape index (κ3) is 3.80. The fourth-order valence-electron chi connectivity index (χ4n) is 3.43. The maximum atomic E-state index is 13.5. The van der Waals surface area contributed by atoms with Crippen molar-refractivity contribution in [2.24, 2.45) is 0 Å². The van der Waals surface area contributed by atoms with E-state index in [1.54, 1.807) is 23.6 Å². The topological polar surface area (TPSA) is 72.7 Å². The second kappa shape index (κ2) is 8.61. The van der Waals surface area contributed by atoms with Gasteiger partial charge < -0.3 is 10.1 Å². The number of hydrogen-bond donors (Lipinski definition) is 1. The Kier molecular flexibility index (Phi) is 5.57. The molecular formula is C24H21N3O3. The van der Waals surface area contributed by atoms with E-state index in [0.717, 1.165) is 11.1 Å². The molecule has 150 valence electrons. The van der Waals surface area contributed by atoms with E-state index >= 15 is 0 Å². The Morgan fingerprint density at radius 1 is 0.933 bits per heavy atom. The van der Waals surface area contributed by atoms with Gasteiger partial charge in [0, 0.05) is 6.20 Å². The van der Waals surface area contributed by atoms with Crippen molar-refractivity contribution in [1.29, 1.82) is 0 Å². The molecular weight excluding hydrogens is 378 g/mol. The van der Waals surface area contributed by atoms with Gasteiger partial charge in [-0.3, -0.25) is 9.20 Å². The number of hydrogen-bond acceptors (Lipinski definition) is 4. The van der Waals surface area contributed by atoms with Crippen LogP contribution in [-0.4, -0.2) is 27.9 Å². The molecule has 0 saturated carbocycles. The number of anilines is 1. The predicted octanol–water partition coefficient (Wildman–Crippen LogP) is 4.28. The summed E-state index contributed by atoms with van der Waals surface area (Å²) in [6.45, 7) is 1.95. The first-order chi connectivity index (χ1) is 14.7. The molecule has 1 N–H and O–H groups in total. The van der Waals surface area contributed by atoms with Crippen LogP contribution >= 0.6 is 0 Å². The van der Waals surface area contributed by atoms with E-state index in [1.807, 2.05) is 72.8 Å². The molecule has 4 rings (SSSR count). The Morgan fingerprint density at radius 3 is 2.13 bits per heavy atom. The van der Waals surface area contributed by atoms with Gasteiger partial charge in [0.15, 0.2) is 11.5 Å². The molecule has 2 heterocycles. The van der Waals surface area contributed by atoms with Crippen molar-refractivity contribution in [1.82, 2.24) is 9.38 Å². The number of pyridine rings is 1. The highest BCUT2D eigenvalue weighted by atomic mass is 16.5. The molecule has 2 aromatic carbocycles. The average Bonchev–Trinajstić information content (AvgIpc) is 3.14. The lowest BCUT2D eigenvalue weighted by atomic mass is 9.90. The third-order valence-corrected chi connectivity index (χ3v) is 4.77. The highest BCUT2D eigenvalue weighted by Crippen LogP contribution is 2.28. The molecule has 6 heteroatoms. The number of nitrogens with zero attached hydrogens (tertiary/aromatic N) is 2. The normalized spacial score (nSPS) is 10.9.